The van der Waals surface area contributed by atoms with Crippen molar-refractivity contribution in [2.24, 2.45) is 5.73 Å². The monoisotopic (exact) mass is 289 g/mol. The summed E-state index contributed by atoms with van der Waals surface area (Å²) < 4.78 is 0. The Balaban J connectivity index is 1.98. The van der Waals surface area contributed by atoms with Crippen LogP contribution in [0.1, 0.15) is 25.3 Å². The lowest BCUT2D eigenvalue weighted by Crippen LogP contribution is -2.19. The molecule has 0 radical (unpaired) electrons. The van der Waals surface area contributed by atoms with E-state index in [4.69, 9.17) is 5.73 Å². The van der Waals surface area contributed by atoms with E-state index in [-0.39, 0.29) is 11.9 Å². The zero-order valence-electron chi connectivity index (χ0n) is 11.7. The third kappa shape index (κ3) is 4.15. The van der Waals surface area contributed by atoms with Gasteiger partial charge in [0.15, 0.2) is 5.13 Å². The number of nitrogens with two attached hydrogens (primary N) is 1. The van der Waals surface area contributed by atoms with E-state index < -0.39 is 0 Å². The fourth-order valence-corrected chi connectivity index (χ4v) is 2.46. The van der Waals surface area contributed by atoms with Gasteiger partial charge < -0.3 is 11.1 Å². The summed E-state index contributed by atoms with van der Waals surface area (Å²) in [7, 11) is 0. The molecule has 0 aliphatic carbocycles. The number of anilines is 1. The Hall–Kier alpha value is -1.72. The van der Waals surface area contributed by atoms with Gasteiger partial charge in [0, 0.05) is 23.4 Å². The van der Waals surface area contributed by atoms with Crippen molar-refractivity contribution in [2.45, 2.75) is 32.7 Å². The highest BCUT2D eigenvalue weighted by molar-refractivity contribution is 7.14. The third-order valence-electron chi connectivity index (χ3n) is 2.92. The molecule has 2 rings (SSSR count). The summed E-state index contributed by atoms with van der Waals surface area (Å²) in [6.45, 7) is 3.95. The molecule has 0 saturated heterocycles. The van der Waals surface area contributed by atoms with Gasteiger partial charge in [0.25, 0.3) is 0 Å². The second-order valence-electron chi connectivity index (χ2n) is 4.97. The average molecular weight is 289 g/mol. The van der Waals surface area contributed by atoms with Crippen molar-refractivity contribution >= 4 is 22.4 Å². The highest BCUT2D eigenvalue weighted by Gasteiger charge is 2.08. The summed E-state index contributed by atoms with van der Waals surface area (Å²) >= 11 is 1.44. The van der Waals surface area contributed by atoms with E-state index >= 15 is 0 Å². The summed E-state index contributed by atoms with van der Waals surface area (Å²) in [4.78, 5) is 16.1. The minimum Gasteiger partial charge on any atom is -0.328 e. The normalized spacial score (nSPS) is 12.2. The van der Waals surface area contributed by atoms with Crippen LogP contribution in [0.2, 0.25) is 0 Å². The predicted molar refractivity (Wildman–Crippen MR) is 83.8 cm³/mol. The van der Waals surface area contributed by atoms with Crippen molar-refractivity contribution in [3.05, 3.63) is 35.2 Å². The van der Waals surface area contributed by atoms with E-state index in [1.165, 1.54) is 16.9 Å². The number of carbonyl (C=O) groups is 1. The maximum Gasteiger partial charge on any atom is 0.226 e. The molecule has 0 spiro atoms. The number of aromatic nitrogens is 1. The summed E-state index contributed by atoms with van der Waals surface area (Å²) in [5.74, 6) is -0.0351. The second-order valence-corrected chi connectivity index (χ2v) is 5.83. The maximum absolute atomic E-state index is 11.7. The van der Waals surface area contributed by atoms with Crippen LogP contribution in [0.4, 0.5) is 5.13 Å². The zero-order valence-corrected chi connectivity index (χ0v) is 12.5. The molecular formula is C15H19N3OS. The predicted octanol–water partition coefficient (Wildman–Crippen LogP) is 3.18. The Morgan fingerprint density at radius 1 is 1.40 bits per heavy atom. The molecule has 0 fully saturated rings. The maximum atomic E-state index is 11.7. The molecule has 0 aliphatic heterocycles. The van der Waals surface area contributed by atoms with Crippen molar-refractivity contribution in [1.29, 1.82) is 0 Å². The SMILES string of the molecule is Cc1ccc(-c2csc(NC(=O)CCC(C)N)n2)cc1. The van der Waals surface area contributed by atoms with E-state index in [0.717, 1.165) is 11.3 Å². The van der Waals surface area contributed by atoms with Crippen molar-refractivity contribution in [1.82, 2.24) is 4.98 Å². The Kier molecular flexibility index (Phi) is 4.87. The molecule has 1 atom stereocenters. The summed E-state index contributed by atoms with van der Waals surface area (Å²) in [5.41, 5.74) is 8.79. The Bertz CT molecular complexity index is 575. The molecule has 0 aliphatic rings. The van der Waals surface area contributed by atoms with Crippen molar-refractivity contribution < 1.29 is 4.79 Å². The number of hydrogen-bond donors (Lipinski definition) is 2. The highest BCUT2D eigenvalue weighted by atomic mass is 32.1. The standard InChI is InChI=1S/C15H19N3OS/c1-10-3-6-12(7-4-10)13-9-20-15(17-13)18-14(19)8-5-11(2)16/h3-4,6-7,9,11H,5,8,16H2,1-2H3,(H,17,18,19). The smallest absolute Gasteiger partial charge is 0.226 e. The molecule has 5 heteroatoms. The molecular weight excluding hydrogens is 270 g/mol. The molecule has 2 aromatic rings. The molecule has 0 bridgehead atoms. The Morgan fingerprint density at radius 2 is 2.10 bits per heavy atom. The van der Waals surface area contributed by atoms with Crippen molar-refractivity contribution in [3.8, 4) is 11.3 Å². The van der Waals surface area contributed by atoms with Crippen LogP contribution in [0.5, 0.6) is 0 Å². The molecule has 1 aromatic heterocycles. The largest absolute Gasteiger partial charge is 0.328 e. The first-order valence-corrected chi connectivity index (χ1v) is 7.50. The minimum atomic E-state index is -0.0351. The number of thiazole rings is 1. The number of amides is 1. The van der Waals surface area contributed by atoms with E-state index in [2.05, 4.69) is 29.4 Å². The topological polar surface area (TPSA) is 68.0 Å². The number of nitrogens with zero attached hydrogens (tertiary/aromatic N) is 1. The van der Waals surface area contributed by atoms with Crippen LogP contribution >= 0.6 is 11.3 Å². The van der Waals surface area contributed by atoms with Gasteiger partial charge in [0.05, 0.1) is 5.69 Å². The van der Waals surface area contributed by atoms with Gasteiger partial charge >= 0.3 is 0 Å². The van der Waals surface area contributed by atoms with Crippen LogP contribution in [0, 0.1) is 6.92 Å². The molecule has 0 saturated carbocycles. The minimum absolute atomic E-state index is 0.0351. The molecule has 3 N–H and O–H groups in total. The Labute approximate surface area is 123 Å². The summed E-state index contributed by atoms with van der Waals surface area (Å²) in [6, 6.07) is 8.21. The van der Waals surface area contributed by atoms with Crippen LogP contribution in [0.3, 0.4) is 0 Å². The molecule has 20 heavy (non-hydrogen) atoms. The van der Waals surface area contributed by atoms with Gasteiger partial charge in [0.2, 0.25) is 5.91 Å². The van der Waals surface area contributed by atoms with Crippen LogP contribution in [0.15, 0.2) is 29.6 Å². The van der Waals surface area contributed by atoms with Crippen LogP contribution in [-0.2, 0) is 4.79 Å². The number of carbonyl (C=O) groups excluding carboxylic acids is 1. The van der Waals surface area contributed by atoms with Gasteiger partial charge in [-0.15, -0.1) is 11.3 Å². The molecule has 1 amide bonds. The molecule has 1 heterocycles. The van der Waals surface area contributed by atoms with Crippen molar-refractivity contribution in [2.75, 3.05) is 5.32 Å². The second kappa shape index (κ2) is 6.63. The van der Waals surface area contributed by atoms with E-state index in [0.29, 0.717) is 18.0 Å². The molecule has 106 valence electrons. The van der Waals surface area contributed by atoms with Gasteiger partial charge in [0.1, 0.15) is 0 Å². The summed E-state index contributed by atoms with van der Waals surface area (Å²) in [6.07, 6.45) is 1.11. The number of nitrogens with one attached hydrogen (secondary N) is 1. The average Bonchev–Trinajstić information content (AvgIpc) is 2.85. The van der Waals surface area contributed by atoms with Crippen LogP contribution < -0.4 is 11.1 Å². The lowest BCUT2D eigenvalue weighted by Gasteiger charge is -2.04. The third-order valence-corrected chi connectivity index (χ3v) is 3.68. The number of rotatable bonds is 5. The van der Waals surface area contributed by atoms with Gasteiger partial charge in [-0.2, -0.15) is 0 Å². The summed E-state index contributed by atoms with van der Waals surface area (Å²) in [5, 5.41) is 5.40. The first-order valence-electron chi connectivity index (χ1n) is 6.62. The molecule has 1 unspecified atom stereocenters. The first-order chi connectivity index (χ1) is 9.54. The number of aryl methyl sites for hydroxylation is 1. The lowest BCUT2D eigenvalue weighted by molar-refractivity contribution is -0.116. The lowest BCUT2D eigenvalue weighted by atomic mass is 10.1. The van der Waals surface area contributed by atoms with E-state index in [9.17, 15) is 4.79 Å². The fourth-order valence-electron chi connectivity index (χ4n) is 1.73. The van der Waals surface area contributed by atoms with Gasteiger partial charge in [-0.1, -0.05) is 29.8 Å². The van der Waals surface area contributed by atoms with Gasteiger partial charge in [-0.3, -0.25) is 4.79 Å². The van der Waals surface area contributed by atoms with Gasteiger partial charge in [-0.25, -0.2) is 4.98 Å². The number of benzene rings is 1. The van der Waals surface area contributed by atoms with E-state index in [1.54, 1.807) is 0 Å². The van der Waals surface area contributed by atoms with Crippen LogP contribution in [0.25, 0.3) is 11.3 Å². The Morgan fingerprint density at radius 3 is 2.75 bits per heavy atom. The van der Waals surface area contributed by atoms with E-state index in [1.807, 2.05) is 24.4 Å². The van der Waals surface area contributed by atoms with Gasteiger partial charge in [-0.05, 0) is 20.3 Å². The quantitative estimate of drug-likeness (QED) is 0.888. The fraction of sp³-hybridized carbons (Fsp3) is 0.333. The molecule has 1 aromatic carbocycles. The highest BCUT2D eigenvalue weighted by Crippen LogP contribution is 2.25. The molecule has 4 nitrogen and oxygen atoms in total. The van der Waals surface area contributed by atoms with Crippen molar-refractivity contribution in [3.63, 3.8) is 0 Å². The van der Waals surface area contributed by atoms with Crippen LogP contribution in [-0.4, -0.2) is 16.9 Å². The zero-order chi connectivity index (χ0) is 14.5. The number of hydrogen-bond acceptors (Lipinski definition) is 4. The first kappa shape index (κ1) is 14.7.